The first-order valence-electron chi connectivity index (χ1n) is 11.0. The summed E-state index contributed by atoms with van der Waals surface area (Å²) in [6.45, 7) is 0. The predicted octanol–water partition coefficient (Wildman–Crippen LogP) is 3.57. The number of primary amides is 1. The highest BCUT2D eigenvalue weighted by Gasteiger charge is 2.30. The van der Waals surface area contributed by atoms with Crippen LogP contribution in [0.3, 0.4) is 0 Å². The number of hydrogen-bond acceptors (Lipinski definition) is 6. The van der Waals surface area contributed by atoms with Crippen LogP contribution >= 0.6 is 0 Å². The molecule has 7 N–H and O–H groups in total. The van der Waals surface area contributed by atoms with Crippen molar-refractivity contribution in [1.29, 1.82) is 0 Å². The summed E-state index contributed by atoms with van der Waals surface area (Å²) in [5.41, 5.74) is 5.50. The molecule has 2 aromatic carbocycles. The van der Waals surface area contributed by atoms with Crippen molar-refractivity contribution in [2.45, 2.75) is 25.4 Å². The Labute approximate surface area is 210 Å². The van der Waals surface area contributed by atoms with Gasteiger partial charge in [0.15, 0.2) is 11.3 Å². The third-order valence-electron chi connectivity index (χ3n) is 5.22. The van der Waals surface area contributed by atoms with Crippen LogP contribution in [0.25, 0.3) is 11.1 Å². The fourth-order valence-electron chi connectivity index (χ4n) is 3.49. The smallest absolute Gasteiger partial charge is 0.408 e. The maximum Gasteiger partial charge on any atom is 0.417 e. The molecule has 0 atom stereocenters. The molecule has 0 bridgehead atoms. The fraction of sp³-hybridized carbons (Fsp3) is 0.174. The van der Waals surface area contributed by atoms with E-state index in [4.69, 9.17) is 10.2 Å². The van der Waals surface area contributed by atoms with Gasteiger partial charge in [-0.3, -0.25) is 19.9 Å². The van der Waals surface area contributed by atoms with Crippen molar-refractivity contribution < 1.29 is 32.0 Å². The van der Waals surface area contributed by atoms with E-state index in [1.165, 1.54) is 6.07 Å². The molecule has 0 saturated heterocycles. The molecule has 0 saturated carbocycles. The second-order valence-corrected chi connectivity index (χ2v) is 8.05. The SMILES string of the molecule is NC(=O)c1nc(CCCC(=O)Nc2ccc3[nH]c(=O)oc3c2)[nH]c1NC(=O)Nc1ccc(C(F)(F)F)cc1. The zero-order chi connectivity index (χ0) is 27.4. The number of imidazole rings is 1. The van der Waals surface area contributed by atoms with E-state index in [0.29, 0.717) is 23.2 Å². The molecule has 4 aromatic rings. The highest BCUT2D eigenvalue weighted by molar-refractivity contribution is 6.04. The fourth-order valence-corrected chi connectivity index (χ4v) is 3.49. The van der Waals surface area contributed by atoms with Gasteiger partial charge in [0.05, 0.1) is 11.1 Å². The molecular weight excluding hydrogens is 511 g/mol. The number of H-pyrrole nitrogens is 2. The number of benzene rings is 2. The van der Waals surface area contributed by atoms with Crippen LogP contribution in [-0.4, -0.2) is 32.8 Å². The number of anilines is 3. The van der Waals surface area contributed by atoms with Gasteiger partial charge in [-0.2, -0.15) is 13.2 Å². The Kier molecular flexibility index (Phi) is 7.18. The van der Waals surface area contributed by atoms with Crippen molar-refractivity contribution in [2.75, 3.05) is 16.0 Å². The lowest BCUT2D eigenvalue weighted by Gasteiger charge is -2.09. The first-order chi connectivity index (χ1) is 18.0. The zero-order valence-corrected chi connectivity index (χ0v) is 19.4. The molecule has 4 amide bonds. The van der Waals surface area contributed by atoms with Gasteiger partial charge in [0, 0.05) is 30.3 Å². The Balaban J connectivity index is 1.31. The average molecular weight is 531 g/mol. The number of urea groups is 1. The molecule has 0 radical (unpaired) electrons. The van der Waals surface area contributed by atoms with Crippen LogP contribution in [0, 0.1) is 0 Å². The van der Waals surface area contributed by atoms with Gasteiger partial charge in [0.25, 0.3) is 5.91 Å². The lowest BCUT2D eigenvalue weighted by Crippen LogP contribution is -2.22. The molecule has 2 heterocycles. The number of amides is 4. The van der Waals surface area contributed by atoms with E-state index in [2.05, 4.69) is 30.9 Å². The molecule has 12 nitrogen and oxygen atoms in total. The average Bonchev–Trinajstić information content (AvgIpc) is 3.40. The minimum Gasteiger partial charge on any atom is -0.408 e. The van der Waals surface area contributed by atoms with E-state index in [1.807, 2.05) is 0 Å². The number of rotatable bonds is 8. The summed E-state index contributed by atoms with van der Waals surface area (Å²) in [5, 5.41) is 7.37. The van der Waals surface area contributed by atoms with E-state index in [9.17, 15) is 32.3 Å². The van der Waals surface area contributed by atoms with E-state index in [1.54, 1.807) is 12.1 Å². The summed E-state index contributed by atoms with van der Waals surface area (Å²) in [6, 6.07) is 7.62. The van der Waals surface area contributed by atoms with Gasteiger partial charge in [0.1, 0.15) is 11.6 Å². The number of fused-ring (bicyclic) bond motifs is 1. The number of nitrogens with two attached hydrogens (primary N) is 1. The summed E-state index contributed by atoms with van der Waals surface area (Å²) in [5.74, 6) is -1.70. The van der Waals surface area contributed by atoms with Gasteiger partial charge in [0.2, 0.25) is 5.91 Å². The van der Waals surface area contributed by atoms with Crippen molar-refractivity contribution in [3.05, 3.63) is 70.1 Å². The molecule has 198 valence electrons. The lowest BCUT2D eigenvalue weighted by atomic mass is 10.2. The first-order valence-corrected chi connectivity index (χ1v) is 11.0. The van der Waals surface area contributed by atoms with Crippen LogP contribution < -0.4 is 27.4 Å². The molecule has 0 aliphatic heterocycles. The number of halogens is 3. The number of hydrogen-bond donors (Lipinski definition) is 6. The maximum absolute atomic E-state index is 12.7. The Morgan fingerprint density at radius 2 is 1.68 bits per heavy atom. The van der Waals surface area contributed by atoms with Crippen molar-refractivity contribution in [3.8, 4) is 0 Å². The number of oxazole rings is 1. The van der Waals surface area contributed by atoms with Crippen LogP contribution in [0.5, 0.6) is 0 Å². The number of aryl methyl sites for hydroxylation is 1. The minimum absolute atomic E-state index is 0.0822. The molecule has 4 rings (SSSR count). The summed E-state index contributed by atoms with van der Waals surface area (Å²) in [7, 11) is 0. The van der Waals surface area contributed by atoms with Crippen LogP contribution in [0.4, 0.5) is 35.2 Å². The number of carbonyl (C=O) groups is 3. The second kappa shape index (κ2) is 10.5. The highest BCUT2D eigenvalue weighted by atomic mass is 19.4. The predicted molar refractivity (Wildman–Crippen MR) is 130 cm³/mol. The molecule has 0 unspecified atom stereocenters. The zero-order valence-electron chi connectivity index (χ0n) is 19.4. The normalized spacial score (nSPS) is 11.3. The second-order valence-electron chi connectivity index (χ2n) is 8.05. The van der Waals surface area contributed by atoms with E-state index >= 15 is 0 Å². The topological polar surface area (TPSA) is 188 Å². The minimum atomic E-state index is -4.51. The van der Waals surface area contributed by atoms with Crippen molar-refractivity contribution in [2.24, 2.45) is 5.73 Å². The van der Waals surface area contributed by atoms with Crippen molar-refractivity contribution >= 4 is 46.1 Å². The Morgan fingerprint density at radius 1 is 0.974 bits per heavy atom. The monoisotopic (exact) mass is 531 g/mol. The number of alkyl halides is 3. The standard InChI is InChI=1S/C23H20F3N7O5/c24-23(25,26)11-4-6-12(7-5-11)29-21(36)33-20-18(19(27)35)31-16(32-20)2-1-3-17(34)28-13-8-9-14-15(10-13)38-22(37)30-14/h4-10H,1-3H2,(H2,27,35)(H,28,34)(H,30,37)(H,31,32)(H2,29,33,36). The summed E-state index contributed by atoms with van der Waals surface area (Å²) >= 11 is 0. The summed E-state index contributed by atoms with van der Waals surface area (Å²) in [4.78, 5) is 56.8. The number of nitrogens with zero attached hydrogens (tertiary/aromatic N) is 1. The molecule has 2 aromatic heterocycles. The molecule has 0 spiro atoms. The van der Waals surface area contributed by atoms with Gasteiger partial charge in [-0.1, -0.05) is 0 Å². The van der Waals surface area contributed by atoms with Gasteiger partial charge in [-0.15, -0.1) is 0 Å². The molecule has 0 aliphatic rings. The van der Waals surface area contributed by atoms with E-state index in [0.717, 1.165) is 24.3 Å². The Bertz CT molecular complexity index is 1550. The highest BCUT2D eigenvalue weighted by Crippen LogP contribution is 2.29. The van der Waals surface area contributed by atoms with Crippen LogP contribution in [0.15, 0.2) is 51.7 Å². The molecule has 38 heavy (non-hydrogen) atoms. The van der Waals surface area contributed by atoms with Crippen LogP contribution in [-0.2, 0) is 17.4 Å². The van der Waals surface area contributed by atoms with Gasteiger partial charge < -0.3 is 25.8 Å². The van der Waals surface area contributed by atoms with Gasteiger partial charge >= 0.3 is 18.0 Å². The third-order valence-corrected chi connectivity index (χ3v) is 5.22. The number of aromatic nitrogens is 3. The van der Waals surface area contributed by atoms with E-state index < -0.39 is 29.4 Å². The number of nitrogens with one attached hydrogen (secondary N) is 5. The number of aromatic amines is 2. The Hall–Kier alpha value is -5.08. The van der Waals surface area contributed by atoms with Gasteiger partial charge in [-0.25, -0.2) is 14.6 Å². The number of carbonyl (C=O) groups excluding carboxylic acids is 3. The van der Waals surface area contributed by atoms with Crippen LogP contribution in [0.2, 0.25) is 0 Å². The Morgan fingerprint density at radius 3 is 2.37 bits per heavy atom. The quantitative estimate of drug-likeness (QED) is 0.202. The van der Waals surface area contributed by atoms with Crippen molar-refractivity contribution in [1.82, 2.24) is 15.0 Å². The van der Waals surface area contributed by atoms with Gasteiger partial charge in [-0.05, 0) is 42.8 Å². The molecular formula is C23H20F3N7O5. The summed E-state index contributed by atoms with van der Waals surface area (Å²) in [6.07, 6.45) is -3.89. The maximum atomic E-state index is 12.7. The molecule has 0 aliphatic carbocycles. The third kappa shape index (κ3) is 6.37. The molecule has 0 fully saturated rings. The largest absolute Gasteiger partial charge is 0.417 e. The van der Waals surface area contributed by atoms with Crippen LogP contribution in [0.1, 0.15) is 34.7 Å². The van der Waals surface area contributed by atoms with Crippen molar-refractivity contribution in [3.63, 3.8) is 0 Å². The van der Waals surface area contributed by atoms with E-state index in [-0.39, 0.29) is 41.8 Å². The molecule has 15 heteroatoms. The summed E-state index contributed by atoms with van der Waals surface area (Å²) < 4.78 is 43.0. The first kappa shape index (κ1) is 26.0. The lowest BCUT2D eigenvalue weighted by molar-refractivity contribution is -0.137.